The highest BCUT2D eigenvalue weighted by Gasteiger charge is 2.21. The number of alkyl carbamates (subject to hydrolysis) is 1. The number of carbonyl (C=O) groups excluding carboxylic acids is 2. The van der Waals surface area contributed by atoms with Crippen molar-refractivity contribution in [2.24, 2.45) is 0 Å². The minimum absolute atomic E-state index is 0.339. The van der Waals surface area contributed by atoms with Gasteiger partial charge >= 0.3 is 12.1 Å². The first kappa shape index (κ1) is 29.7. The molecule has 5 heteroatoms. The molecule has 1 amide bonds. The summed E-state index contributed by atoms with van der Waals surface area (Å²) in [6.45, 7) is 7.28. The molecule has 0 saturated carbocycles. The van der Waals surface area contributed by atoms with Crippen molar-refractivity contribution in [3.05, 3.63) is 0 Å². The standard InChI is InChI=1S/C26H51NO4/c1-4-7-9-11-13-14-15-16-18-19-22-30-25(28)24(21-6-3)27-26(29)31-23-20-17-12-10-8-5-2/h24H,4-23H2,1-3H3,(H,27,29)/t24-/m0/s1. The molecule has 0 bridgehead atoms. The molecule has 0 aliphatic heterocycles. The van der Waals surface area contributed by atoms with Crippen LogP contribution in [-0.4, -0.2) is 31.3 Å². The van der Waals surface area contributed by atoms with Crippen LogP contribution in [0.5, 0.6) is 0 Å². The Kier molecular flexibility index (Phi) is 22.5. The van der Waals surface area contributed by atoms with E-state index in [1.165, 1.54) is 77.0 Å². The van der Waals surface area contributed by atoms with Gasteiger partial charge in [-0.15, -0.1) is 0 Å². The van der Waals surface area contributed by atoms with E-state index in [0.717, 1.165) is 32.1 Å². The van der Waals surface area contributed by atoms with Crippen LogP contribution in [0, 0.1) is 0 Å². The summed E-state index contributed by atoms with van der Waals surface area (Å²) >= 11 is 0. The van der Waals surface area contributed by atoms with Gasteiger partial charge in [0.1, 0.15) is 6.04 Å². The summed E-state index contributed by atoms with van der Waals surface area (Å²) in [4.78, 5) is 24.3. The molecule has 0 unspecified atom stereocenters. The lowest BCUT2D eigenvalue weighted by atomic mass is 10.1. The van der Waals surface area contributed by atoms with Gasteiger partial charge in [-0.25, -0.2) is 9.59 Å². The van der Waals surface area contributed by atoms with Gasteiger partial charge < -0.3 is 14.8 Å². The van der Waals surface area contributed by atoms with E-state index in [1.807, 2.05) is 6.92 Å². The van der Waals surface area contributed by atoms with Crippen molar-refractivity contribution < 1.29 is 19.1 Å². The van der Waals surface area contributed by atoms with Gasteiger partial charge in [0.15, 0.2) is 0 Å². The van der Waals surface area contributed by atoms with Crippen LogP contribution in [0.15, 0.2) is 0 Å². The zero-order chi connectivity index (χ0) is 23.0. The maximum Gasteiger partial charge on any atom is 0.407 e. The first-order valence-corrected chi connectivity index (χ1v) is 13.3. The summed E-state index contributed by atoms with van der Waals surface area (Å²) in [5, 5.41) is 2.68. The Balaban J connectivity index is 3.77. The van der Waals surface area contributed by atoms with Crippen LogP contribution in [0.4, 0.5) is 4.79 Å². The number of hydrogen-bond donors (Lipinski definition) is 1. The molecule has 0 aliphatic carbocycles. The number of unbranched alkanes of at least 4 members (excludes halogenated alkanes) is 14. The van der Waals surface area contributed by atoms with E-state index in [0.29, 0.717) is 19.6 Å². The zero-order valence-corrected chi connectivity index (χ0v) is 20.9. The second-order valence-corrected chi connectivity index (χ2v) is 8.74. The topological polar surface area (TPSA) is 64.6 Å². The molecule has 0 heterocycles. The molecule has 0 saturated heterocycles. The Bertz CT molecular complexity index is 414. The number of rotatable bonds is 22. The average molecular weight is 442 g/mol. The van der Waals surface area contributed by atoms with Crippen LogP contribution in [-0.2, 0) is 14.3 Å². The fourth-order valence-corrected chi connectivity index (χ4v) is 3.63. The van der Waals surface area contributed by atoms with E-state index >= 15 is 0 Å². The lowest BCUT2D eigenvalue weighted by Gasteiger charge is -2.17. The SMILES string of the molecule is CCCCCCCCCCCCOC(=O)[C@H](CCC)NC(=O)OCCCCCCCC. The predicted octanol–water partition coefficient (Wildman–Crippen LogP) is 7.71. The highest BCUT2D eigenvalue weighted by molar-refractivity contribution is 5.81. The molecule has 0 fully saturated rings. The number of amides is 1. The monoisotopic (exact) mass is 441 g/mol. The molecule has 0 rings (SSSR count). The summed E-state index contributed by atoms with van der Waals surface area (Å²) in [7, 11) is 0. The Morgan fingerprint density at radius 3 is 1.45 bits per heavy atom. The lowest BCUT2D eigenvalue weighted by molar-refractivity contribution is -0.146. The van der Waals surface area contributed by atoms with Crippen molar-refractivity contribution in [3.63, 3.8) is 0 Å². The molecule has 0 aromatic rings. The van der Waals surface area contributed by atoms with Crippen LogP contribution in [0.3, 0.4) is 0 Å². The second-order valence-electron chi connectivity index (χ2n) is 8.74. The second kappa shape index (κ2) is 23.4. The molecule has 0 radical (unpaired) electrons. The normalized spacial score (nSPS) is 11.8. The number of carbonyl (C=O) groups is 2. The van der Waals surface area contributed by atoms with Gasteiger partial charge in [0.25, 0.3) is 0 Å². The van der Waals surface area contributed by atoms with Crippen molar-refractivity contribution in [1.82, 2.24) is 5.32 Å². The van der Waals surface area contributed by atoms with Gasteiger partial charge in [0.05, 0.1) is 13.2 Å². The largest absolute Gasteiger partial charge is 0.464 e. The van der Waals surface area contributed by atoms with Crippen molar-refractivity contribution in [2.45, 2.75) is 142 Å². The maximum absolute atomic E-state index is 12.3. The van der Waals surface area contributed by atoms with E-state index < -0.39 is 12.1 Å². The number of esters is 1. The fourth-order valence-electron chi connectivity index (χ4n) is 3.63. The summed E-state index contributed by atoms with van der Waals surface area (Å²) in [5.74, 6) is -0.339. The number of nitrogens with one attached hydrogen (secondary N) is 1. The van der Waals surface area contributed by atoms with Gasteiger partial charge in [-0.1, -0.05) is 117 Å². The Labute approximate surface area is 192 Å². The van der Waals surface area contributed by atoms with Crippen molar-refractivity contribution >= 4 is 12.1 Å². The van der Waals surface area contributed by atoms with Crippen LogP contribution < -0.4 is 5.32 Å². The van der Waals surface area contributed by atoms with Crippen LogP contribution in [0.2, 0.25) is 0 Å². The van der Waals surface area contributed by atoms with Crippen LogP contribution in [0.25, 0.3) is 0 Å². The van der Waals surface area contributed by atoms with Gasteiger partial charge in [0, 0.05) is 0 Å². The van der Waals surface area contributed by atoms with Gasteiger partial charge in [-0.2, -0.15) is 0 Å². The molecule has 0 aromatic carbocycles. The molecular weight excluding hydrogens is 390 g/mol. The van der Waals surface area contributed by atoms with E-state index in [-0.39, 0.29) is 5.97 Å². The molecule has 31 heavy (non-hydrogen) atoms. The molecule has 5 nitrogen and oxygen atoms in total. The highest BCUT2D eigenvalue weighted by Crippen LogP contribution is 2.11. The smallest absolute Gasteiger partial charge is 0.407 e. The van der Waals surface area contributed by atoms with E-state index in [2.05, 4.69) is 19.2 Å². The van der Waals surface area contributed by atoms with Crippen molar-refractivity contribution in [3.8, 4) is 0 Å². The minimum atomic E-state index is -0.606. The quantitative estimate of drug-likeness (QED) is 0.138. The van der Waals surface area contributed by atoms with Crippen molar-refractivity contribution in [1.29, 1.82) is 0 Å². The summed E-state index contributed by atoms with van der Waals surface area (Å²) < 4.78 is 10.6. The first-order chi connectivity index (χ1) is 15.2. The summed E-state index contributed by atoms with van der Waals surface area (Å²) in [5.41, 5.74) is 0. The third kappa shape index (κ3) is 20.4. The van der Waals surface area contributed by atoms with Crippen LogP contribution >= 0.6 is 0 Å². The molecule has 184 valence electrons. The summed E-state index contributed by atoms with van der Waals surface area (Å²) in [6, 6.07) is -0.606. The zero-order valence-electron chi connectivity index (χ0n) is 20.9. The van der Waals surface area contributed by atoms with Crippen molar-refractivity contribution in [2.75, 3.05) is 13.2 Å². The predicted molar refractivity (Wildman–Crippen MR) is 129 cm³/mol. The third-order valence-corrected chi connectivity index (χ3v) is 5.63. The lowest BCUT2D eigenvalue weighted by Crippen LogP contribution is -2.42. The Morgan fingerprint density at radius 1 is 0.581 bits per heavy atom. The highest BCUT2D eigenvalue weighted by atomic mass is 16.6. The molecular formula is C26H51NO4. The number of hydrogen-bond acceptors (Lipinski definition) is 4. The van der Waals surface area contributed by atoms with E-state index in [4.69, 9.17) is 9.47 Å². The number of ether oxygens (including phenoxy) is 2. The molecule has 0 aromatic heterocycles. The Morgan fingerprint density at radius 2 is 1.00 bits per heavy atom. The van der Waals surface area contributed by atoms with Gasteiger partial charge in [-0.05, 0) is 19.3 Å². The van der Waals surface area contributed by atoms with E-state index in [9.17, 15) is 9.59 Å². The Hall–Kier alpha value is -1.26. The molecule has 0 spiro atoms. The maximum atomic E-state index is 12.3. The summed E-state index contributed by atoms with van der Waals surface area (Å²) in [6.07, 6.45) is 20.2. The average Bonchev–Trinajstić information content (AvgIpc) is 2.76. The molecule has 0 aliphatic rings. The third-order valence-electron chi connectivity index (χ3n) is 5.63. The minimum Gasteiger partial charge on any atom is -0.464 e. The first-order valence-electron chi connectivity index (χ1n) is 13.3. The van der Waals surface area contributed by atoms with Gasteiger partial charge in [-0.3, -0.25) is 0 Å². The fraction of sp³-hybridized carbons (Fsp3) is 0.923. The molecule has 1 N–H and O–H groups in total. The molecule has 1 atom stereocenters. The van der Waals surface area contributed by atoms with Crippen LogP contribution in [0.1, 0.15) is 136 Å². The van der Waals surface area contributed by atoms with E-state index in [1.54, 1.807) is 0 Å². The van der Waals surface area contributed by atoms with Gasteiger partial charge in [0.2, 0.25) is 0 Å².